The van der Waals surface area contributed by atoms with Crippen LogP contribution in [0.25, 0.3) is 97.5 Å². The van der Waals surface area contributed by atoms with E-state index in [1.165, 1.54) is 58.4 Å². The van der Waals surface area contributed by atoms with Gasteiger partial charge in [0.1, 0.15) is 0 Å². The molecule has 0 aliphatic heterocycles. The number of nitrogens with zero attached hydrogens (tertiary/aromatic N) is 2. The normalized spacial score (nSPS) is 11.7. The van der Waals surface area contributed by atoms with Gasteiger partial charge in [-0.25, -0.2) is 9.97 Å². The predicted molar refractivity (Wildman–Crippen MR) is 209 cm³/mol. The van der Waals surface area contributed by atoms with Crippen molar-refractivity contribution >= 4 is 64.0 Å². The van der Waals surface area contributed by atoms with Crippen molar-refractivity contribution in [3.63, 3.8) is 0 Å². The maximum atomic E-state index is 5.37. The Morgan fingerprint density at radius 3 is 1.59 bits per heavy atom. The van der Waals surface area contributed by atoms with Crippen molar-refractivity contribution < 1.29 is 0 Å². The number of aromatic nitrogens is 2. The van der Waals surface area contributed by atoms with Gasteiger partial charge in [0.25, 0.3) is 0 Å². The van der Waals surface area contributed by atoms with Gasteiger partial charge in [0, 0.05) is 36.7 Å². The molecule has 3 heteroatoms. The van der Waals surface area contributed by atoms with Crippen molar-refractivity contribution in [1.82, 2.24) is 9.97 Å². The first kappa shape index (κ1) is 27.9. The highest BCUT2D eigenvalue weighted by molar-refractivity contribution is 7.26. The Kier molecular flexibility index (Phi) is 6.39. The van der Waals surface area contributed by atoms with E-state index in [1.54, 1.807) is 0 Å². The second-order valence-corrected chi connectivity index (χ2v) is 13.7. The van der Waals surface area contributed by atoms with Gasteiger partial charge in [-0.2, -0.15) is 0 Å². The lowest BCUT2D eigenvalue weighted by Crippen LogP contribution is -1.96. The molecule has 10 rings (SSSR count). The molecule has 0 amide bonds. The van der Waals surface area contributed by atoms with Crippen molar-refractivity contribution in [2.24, 2.45) is 0 Å². The summed E-state index contributed by atoms with van der Waals surface area (Å²) in [6, 6.07) is 60.8. The van der Waals surface area contributed by atoms with Crippen LogP contribution in [0.4, 0.5) is 0 Å². The van der Waals surface area contributed by atoms with E-state index in [0.717, 1.165) is 39.1 Å². The summed E-state index contributed by atoms with van der Waals surface area (Å²) < 4.78 is 2.51. The molecule has 2 nitrogen and oxygen atoms in total. The fraction of sp³-hybridized carbons (Fsp3) is 0. The van der Waals surface area contributed by atoms with Crippen LogP contribution in [0.3, 0.4) is 0 Å². The van der Waals surface area contributed by atoms with Crippen LogP contribution < -0.4 is 0 Å². The summed E-state index contributed by atoms with van der Waals surface area (Å²) >= 11 is 1.84. The lowest BCUT2D eigenvalue weighted by molar-refractivity contribution is 1.23. The van der Waals surface area contributed by atoms with Crippen LogP contribution in [0.1, 0.15) is 0 Å². The molecule has 0 spiro atoms. The topological polar surface area (TPSA) is 25.8 Å². The third-order valence-corrected chi connectivity index (χ3v) is 10.8. The summed E-state index contributed by atoms with van der Waals surface area (Å²) in [5.41, 5.74) is 8.81. The molecule has 0 bridgehead atoms. The fourth-order valence-electron chi connectivity index (χ4n) is 7.12. The van der Waals surface area contributed by atoms with Crippen LogP contribution in [0, 0.1) is 0 Å². The van der Waals surface area contributed by atoms with Crippen LogP contribution >= 0.6 is 11.3 Å². The molecule has 0 fully saturated rings. The van der Waals surface area contributed by atoms with E-state index in [4.69, 9.17) is 9.97 Å². The second-order valence-electron chi connectivity index (χ2n) is 12.6. The minimum atomic E-state index is 0.731. The number of hydrogen-bond donors (Lipinski definition) is 0. The van der Waals surface area contributed by atoms with Gasteiger partial charge in [-0.3, -0.25) is 0 Å². The molecular formula is C46H28N2S. The molecular weight excluding hydrogens is 613 g/mol. The smallest absolute Gasteiger partial charge is 0.160 e. The molecule has 49 heavy (non-hydrogen) atoms. The van der Waals surface area contributed by atoms with Crippen molar-refractivity contribution in [3.8, 4) is 44.9 Å². The van der Waals surface area contributed by atoms with E-state index in [0.29, 0.717) is 0 Å². The Balaban J connectivity index is 1.15. The molecule has 228 valence electrons. The van der Waals surface area contributed by atoms with Gasteiger partial charge in [0.2, 0.25) is 0 Å². The number of fused-ring (bicyclic) bond motifs is 7. The van der Waals surface area contributed by atoms with Crippen molar-refractivity contribution in [1.29, 1.82) is 0 Å². The largest absolute Gasteiger partial charge is 0.227 e. The Morgan fingerprint density at radius 1 is 0.347 bits per heavy atom. The SMILES string of the molecule is c1ccc(-c2ccc(-c3ccc(-c4nc(-c5ccc6ccccc6c5)c5ccc6sc7cc8ccccc8cc7c6c5n4)cc3)cc2)cc1. The Morgan fingerprint density at radius 2 is 0.898 bits per heavy atom. The standard InChI is InChI=1S/C46H28N2S/c1-2-8-29(9-3-1)31-14-16-32(17-15-31)33-18-21-34(22-19-33)46-47-44(38-23-20-30-10-4-5-11-35(30)26-38)39-24-25-41-43(45(39)48-46)40-27-36-12-6-7-13-37(36)28-42(40)49-41/h1-28H. The molecule has 0 atom stereocenters. The summed E-state index contributed by atoms with van der Waals surface area (Å²) in [6.07, 6.45) is 0. The summed E-state index contributed by atoms with van der Waals surface area (Å²) in [4.78, 5) is 10.7. The fourth-order valence-corrected chi connectivity index (χ4v) is 8.26. The molecule has 10 aromatic rings. The van der Waals surface area contributed by atoms with E-state index in [1.807, 2.05) is 11.3 Å². The Bertz CT molecular complexity index is 2850. The highest BCUT2D eigenvalue weighted by Crippen LogP contribution is 2.42. The number of rotatable bonds is 4. The monoisotopic (exact) mass is 640 g/mol. The van der Waals surface area contributed by atoms with Gasteiger partial charge in [0.15, 0.2) is 5.82 Å². The number of thiophene rings is 1. The zero-order valence-electron chi connectivity index (χ0n) is 26.5. The minimum Gasteiger partial charge on any atom is -0.227 e. The van der Waals surface area contributed by atoms with E-state index >= 15 is 0 Å². The molecule has 2 aromatic heterocycles. The maximum absolute atomic E-state index is 5.37. The highest BCUT2D eigenvalue weighted by Gasteiger charge is 2.18. The van der Waals surface area contributed by atoms with Crippen molar-refractivity contribution in [2.45, 2.75) is 0 Å². The van der Waals surface area contributed by atoms with Crippen LogP contribution in [0.15, 0.2) is 170 Å². The van der Waals surface area contributed by atoms with Gasteiger partial charge in [-0.15, -0.1) is 11.3 Å². The highest BCUT2D eigenvalue weighted by atomic mass is 32.1. The lowest BCUT2D eigenvalue weighted by atomic mass is 9.98. The van der Waals surface area contributed by atoms with Gasteiger partial charge in [-0.1, -0.05) is 140 Å². The van der Waals surface area contributed by atoms with Crippen LogP contribution in [0.5, 0.6) is 0 Å². The van der Waals surface area contributed by atoms with Crippen molar-refractivity contribution in [3.05, 3.63) is 170 Å². The number of benzene rings is 8. The Labute approximate surface area is 287 Å². The first-order chi connectivity index (χ1) is 24.2. The first-order valence-electron chi connectivity index (χ1n) is 16.6. The minimum absolute atomic E-state index is 0.731. The van der Waals surface area contributed by atoms with E-state index in [2.05, 4.69) is 170 Å². The van der Waals surface area contributed by atoms with Gasteiger partial charge >= 0.3 is 0 Å². The average molecular weight is 641 g/mol. The third kappa shape index (κ3) is 4.78. The zero-order chi connectivity index (χ0) is 32.3. The maximum Gasteiger partial charge on any atom is 0.160 e. The van der Waals surface area contributed by atoms with E-state index in [9.17, 15) is 0 Å². The molecule has 0 saturated heterocycles. The van der Waals surface area contributed by atoms with Gasteiger partial charge < -0.3 is 0 Å². The zero-order valence-corrected chi connectivity index (χ0v) is 27.3. The predicted octanol–water partition coefficient (Wildman–Crippen LogP) is 13.0. The molecule has 0 unspecified atom stereocenters. The second kappa shape index (κ2) is 11.2. The third-order valence-electron chi connectivity index (χ3n) is 9.66. The van der Waals surface area contributed by atoms with Gasteiger partial charge in [0.05, 0.1) is 11.2 Å². The molecule has 0 saturated carbocycles. The van der Waals surface area contributed by atoms with Crippen LogP contribution in [0.2, 0.25) is 0 Å². The molecule has 0 radical (unpaired) electrons. The summed E-state index contributed by atoms with van der Waals surface area (Å²) in [7, 11) is 0. The van der Waals surface area contributed by atoms with Gasteiger partial charge in [-0.05, 0) is 74.1 Å². The van der Waals surface area contributed by atoms with E-state index in [-0.39, 0.29) is 0 Å². The molecule has 0 aliphatic carbocycles. The quantitative estimate of drug-likeness (QED) is 0.191. The lowest BCUT2D eigenvalue weighted by Gasteiger charge is -2.12. The van der Waals surface area contributed by atoms with Crippen molar-refractivity contribution in [2.75, 3.05) is 0 Å². The summed E-state index contributed by atoms with van der Waals surface area (Å²) in [6.45, 7) is 0. The molecule has 8 aromatic carbocycles. The molecule has 2 heterocycles. The van der Waals surface area contributed by atoms with Crippen LogP contribution in [-0.2, 0) is 0 Å². The molecule has 0 N–H and O–H groups in total. The van der Waals surface area contributed by atoms with E-state index < -0.39 is 0 Å². The average Bonchev–Trinajstić information content (AvgIpc) is 3.54. The number of hydrogen-bond acceptors (Lipinski definition) is 3. The Hall–Kier alpha value is -6.16. The molecule has 0 aliphatic rings. The first-order valence-corrected chi connectivity index (χ1v) is 17.4. The van der Waals surface area contributed by atoms with Crippen LogP contribution in [-0.4, -0.2) is 9.97 Å². The summed E-state index contributed by atoms with van der Waals surface area (Å²) in [5.74, 6) is 0.731. The summed E-state index contributed by atoms with van der Waals surface area (Å²) in [5, 5.41) is 8.42.